The van der Waals surface area contributed by atoms with Gasteiger partial charge in [0.05, 0.1) is 18.9 Å². The van der Waals surface area contributed by atoms with E-state index in [0.717, 1.165) is 0 Å². The lowest BCUT2D eigenvalue weighted by molar-refractivity contribution is 0.217. The van der Waals surface area contributed by atoms with Gasteiger partial charge in [0.1, 0.15) is 11.8 Å². The molecule has 0 aliphatic carbocycles. The number of hydrogen-bond acceptors (Lipinski definition) is 3. The van der Waals surface area contributed by atoms with Crippen molar-refractivity contribution in [3.8, 4) is 11.8 Å². The van der Waals surface area contributed by atoms with Crippen molar-refractivity contribution in [1.82, 2.24) is 4.90 Å². The Labute approximate surface area is 101 Å². The molecule has 1 rings (SSSR count). The summed E-state index contributed by atoms with van der Waals surface area (Å²) in [4.78, 5) is 13.1. The van der Waals surface area contributed by atoms with Gasteiger partial charge < -0.3 is 15.0 Å². The number of carbonyl (C=O) groups is 1. The SMILES string of the molecule is COc1ccccc1NC(=O)N(C)C(C)C#N. The summed E-state index contributed by atoms with van der Waals surface area (Å²) in [6.45, 7) is 1.65. The molecule has 0 aliphatic rings. The van der Waals surface area contributed by atoms with Crippen molar-refractivity contribution in [2.24, 2.45) is 0 Å². The zero-order chi connectivity index (χ0) is 12.8. The van der Waals surface area contributed by atoms with E-state index in [1.54, 1.807) is 32.2 Å². The fourth-order valence-electron chi connectivity index (χ4n) is 1.21. The Morgan fingerprint density at radius 2 is 2.18 bits per heavy atom. The molecule has 1 unspecified atom stereocenters. The number of anilines is 1. The van der Waals surface area contributed by atoms with Crippen LogP contribution in [0.1, 0.15) is 6.92 Å². The molecule has 5 nitrogen and oxygen atoms in total. The van der Waals surface area contributed by atoms with Crippen LogP contribution in [0.25, 0.3) is 0 Å². The van der Waals surface area contributed by atoms with Crippen molar-refractivity contribution in [3.05, 3.63) is 24.3 Å². The van der Waals surface area contributed by atoms with Crippen LogP contribution in [0.15, 0.2) is 24.3 Å². The van der Waals surface area contributed by atoms with E-state index in [9.17, 15) is 4.79 Å². The topological polar surface area (TPSA) is 65.4 Å². The van der Waals surface area contributed by atoms with Gasteiger partial charge in [0.2, 0.25) is 0 Å². The van der Waals surface area contributed by atoms with Gasteiger partial charge in [-0.25, -0.2) is 4.79 Å². The van der Waals surface area contributed by atoms with Gasteiger partial charge in [0, 0.05) is 7.05 Å². The number of rotatable bonds is 3. The molecular formula is C12H15N3O2. The van der Waals surface area contributed by atoms with E-state index >= 15 is 0 Å². The van der Waals surface area contributed by atoms with Crippen LogP contribution in [-0.2, 0) is 0 Å². The number of urea groups is 1. The minimum Gasteiger partial charge on any atom is -0.495 e. The summed E-state index contributed by atoms with van der Waals surface area (Å²) in [5, 5.41) is 11.4. The Morgan fingerprint density at radius 1 is 1.53 bits per heavy atom. The standard InChI is InChI=1S/C12H15N3O2/c1-9(8-13)15(2)12(16)14-10-6-4-5-7-11(10)17-3/h4-7,9H,1-3H3,(H,14,16). The van der Waals surface area contributed by atoms with E-state index in [2.05, 4.69) is 5.32 Å². The number of nitrogens with zero attached hydrogens (tertiary/aromatic N) is 2. The average Bonchev–Trinajstić information content (AvgIpc) is 2.37. The molecule has 0 heterocycles. The summed E-state index contributed by atoms with van der Waals surface area (Å²) < 4.78 is 5.11. The number of methoxy groups -OCH3 is 1. The zero-order valence-electron chi connectivity index (χ0n) is 10.1. The average molecular weight is 233 g/mol. The maximum atomic E-state index is 11.8. The minimum atomic E-state index is -0.482. The Morgan fingerprint density at radius 3 is 2.76 bits per heavy atom. The Bertz CT molecular complexity index is 440. The number of nitriles is 1. The van der Waals surface area contributed by atoms with E-state index in [1.807, 2.05) is 12.1 Å². The first-order valence-corrected chi connectivity index (χ1v) is 5.16. The first-order valence-electron chi connectivity index (χ1n) is 5.16. The molecule has 1 aromatic rings. The van der Waals surface area contributed by atoms with E-state index < -0.39 is 6.04 Å². The van der Waals surface area contributed by atoms with Crippen LogP contribution in [-0.4, -0.2) is 31.1 Å². The smallest absolute Gasteiger partial charge is 0.322 e. The highest BCUT2D eigenvalue weighted by molar-refractivity contribution is 5.91. The lowest BCUT2D eigenvalue weighted by Crippen LogP contribution is -2.37. The van der Waals surface area contributed by atoms with E-state index in [4.69, 9.17) is 10.00 Å². The zero-order valence-corrected chi connectivity index (χ0v) is 10.1. The van der Waals surface area contributed by atoms with Gasteiger partial charge >= 0.3 is 6.03 Å². The fraction of sp³-hybridized carbons (Fsp3) is 0.333. The monoisotopic (exact) mass is 233 g/mol. The predicted octanol–water partition coefficient (Wildman–Crippen LogP) is 2.07. The Hall–Kier alpha value is -2.22. The van der Waals surface area contributed by atoms with Gasteiger partial charge in [-0.05, 0) is 19.1 Å². The van der Waals surface area contributed by atoms with Gasteiger partial charge in [0.15, 0.2) is 0 Å². The molecule has 2 amide bonds. The molecule has 0 aromatic heterocycles. The van der Waals surface area contributed by atoms with Crippen LogP contribution in [0.5, 0.6) is 5.75 Å². The summed E-state index contributed by atoms with van der Waals surface area (Å²) in [6.07, 6.45) is 0. The quantitative estimate of drug-likeness (QED) is 0.869. The van der Waals surface area contributed by atoms with Gasteiger partial charge in [0.25, 0.3) is 0 Å². The minimum absolute atomic E-state index is 0.344. The Balaban J connectivity index is 2.78. The van der Waals surface area contributed by atoms with Gasteiger partial charge in [-0.2, -0.15) is 5.26 Å². The summed E-state index contributed by atoms with van der Waals surface area (Å²) in [7, 11) is 3.10. The predicted molar refractivity (Wildman–Crippen MR) is 64.9 cm³/mol. The van der Waals surface area contributed by atoms with E-state index in [0.29, 0.717) is 11.4 Å². The highest BCUT2D eigenvalue weighted by atomic mass is 16.5. The van der Waals surface area contributed by atoms with Crippen LogP contribution < -0.4 is 10.1 Å². The molecule has 0 saturated carbocycles. The van der Waals surface area contributed by atoms with Crippen molar-refractivity contribution in [2.75, 3.05) is 19.5 Å². The number of hydrogen-bond donors (Lipinski definition) is 1. The Kier molecular flexibility index (Phi) is 4.35. The molecular weight excluding hydrogens is 218 g/mol. The second-order valence-corrected chi connectivity index (χ2v) is 3.55. The van der Waals surface area contributed by atoms with Gasteiger partial charge in [-0.15, -0.1) is 0 Å². The van der Waals surface area contributed by atoms with Crippen LogP contribution >= 0.6 is 0 Å². The lowest BCUT2D eigenvalue weighted by atomic mass is 10.3. The number of amides is 2. The molecule has 0 bridgehead atoms. The first kappa shape index (κ1) is 12.8. The van der Waals surface area contributed by atoms with Gasteiger partial charge in [-0.3, -0.25) is 0 Å². The van der Waals surface area contributed by atoms with Crippen LogP contribution in [0.4, 0.5) is 10.5 Å². The van der Waals surface area contributed by atoms with Crippen LogP contribution in [0, 0.1) is 11.3 Å². The fourth-order valence-corrected chi connectivity index (χ4v) is 1.21. The molecule has 90 valence electrons. The third-order valence-corrected chi connectivity index (χ3v) is 2.44. The van der Waals surface area contributed by atoms with E-state index in [1.165, 1.54) is 12.0 Å². The molecule has 17 heavy (non-hydrogen) atoms. The molecule has 0 radical (unpaired) electrons. The second kappa shape index (κ2) is 5.75. The summed E-state index contributed by atoms with van der Waals surface area (Å²) in [5.74, 6) is 0.582. The highest BCUT2D eigenvalue weighted by Crippen LogP contribution is 2.23. The summed E-state index contributed by atoms with van der Waals surface area (Å²) in [6, 6.07) is 8.27. The summed E-state index contributed by atoms with van der Waals surface area (Å²) >= 11 is 0. The lowest BCUT2D eigenvalue weighted by Gasteiger charge is -2.20. The van der Waals surface area contributed by atoms with Gasteiger partial charge in [-0.1, -0.05) is 12.1 Å². The third-order valence-electron chi connectivity index (χ3n) is 2.44. The van der Waals surface area contributed by atoms with Crippen molar-refractivity contribution in [1.29, 1.82) is 5.26 Å². The molecule has 0 saturated heterocycles. The molecule has 1 N–H and O–H groups in total. The second-order valence-electron chi connectivity index (χ2n) is 3.55. The number of para-hydroxylation sites is 2. The van der Waals surface area contributed by atoms with Crippen LogP contribution in [0.2, 0.25) is 0 Å². The largest absolute Gasteiger partial charge is 0.495 e. The molecule has 0 spiro atoms. The first-order chi connectivity index (χ1) is 8.10. The van der Waals surface area contributed by atoms with Crippen LogP contribution in [0.3, 0.4) is 0 Å². The van der Waals surface area contributed by atoms with Crippen molar-refractivity contribution >= 4 is 11.7 Å². The molecule has 1 aromatic carbocycles. The number of carbonyl (C=O) groups excluding carboxylic acids is 1. The van der Waals surface area contributed by atoms with Crippen molar-refractivity contribution in [2.45, 2.75) is 13.0 Å². The number of ether oxygens (including phenoxy) is 1. The summed E-state index contributed by atoms with van der Waals surface area (Å²) in [5.41, 5.74) is 0.581. The van der Waals surface area contributed by atoms with Crippen molar-refractivity contribution < 1.29 is 9.53 Å². The maximum absolute atomic E-state index is 11.8. The molecule has 1 atom stereocenters. The highest BCUT2D eigenvalue weighted by Gasteiger charge is 2.16. The number of nitrogens with one attached hydrogen (secondary N) is 1. The third kappa shape index (κ3) is 3.11. The van der Waals surface area contributed by atoms with Crippen molar-refractivity contribution in [3.63, 3.8) is 0 Å². The normalized spacial score (nSPS) is 11.2. The maximum Gasteiger partial charge on any atom is 0.322 e. The number of benzene rings is 1. The molecule has 5 heteroatoms. The molecule has 0 fully saturated rings. The molecule has 0 aliphatic heterocycles. The van der Waals surface area contributed by atoms with E-state index in [-0.39, 0.29) is 6.03 Å².